The first kappa shape index (κ1) is 23.5. The van der Waals surface area contributed by atoms with Crippen LogP contribution in [0.2, 0.25) is 0 Å². The summed E-state index contributed by atoms with van der Waals surface area (Å²) in [5.74, 6) is 0.631. The highest BCUT2D eigenvalue weighted by Crippen LogP contribution is 2.40. The third kappa shape index (κ3) is 3.56. The van der Waals surface area contributed by atoms with Gasteiger partial charge >= 0.3 is 0 Å². The zero-order chi connectivity index (χ0) is 26.6. The number of nitrogens with zero attached hydrogens (tertiary/aromatic N) is 4. The number of aromatic nitrogens is 2. The number of ether oxygens (including phenoxy) is 1. The first-order chi connectivity index (χ1) is 18.4. The van der Waals surface area contributed by atoms with Crippen LogP contribution in [0, 0.1) is 0 Å². The van der Waals surface area contributed by atoms with Crippen molar-refractivity contribution in [2.24, 2.45) is 19.2 Å². The number of pyridine rings is 2. The van der Waals surface area contributed by atoms with Gasteiger partial charge in [0.2, 0.25) is 0 Å². The van der Waals surface area contributed by atoms with Gasteiger partial charge in [-0.2, -0.15) is 5.10 Å². The van der Waals surface area contributed by atoms with Crippen molar-refractivity contribution in [3.05, 3.63) is 111 Å². The molecule has 8 nitrogen and oxygen atoms in total. The molecule has 0 saturated heterocycles. The van der Waals surface area contributed by atoms with E-state index in [4.69, 9.17) is 9.84 Å². The summed E-state index contributed by atoms with van der Waals surface area (Å²) >= 11 is 0. The molecule has 0 amide bonds. The second-order valence-corrected chi connectivity index (χ2v) is 9.43. The Kier molecular flexibility index (Phi) is 5.52. The Morgan fingerprint density at radius 2 is 1.50 bits per heavy atom. The maximum Gasteiger partial charge on any atom is 0.263 e. The van der Waals surface area contributed by atoms with Crippen LogP contribution in [0.25, 0.3) is 21.8 Å². The minimum Gasteiger partial charge on any atom is -0.506 e. The van der Waals surface area contributed by atoms with Gasteiger partial charge in [0, 0.05) is 37.4 Å². The molecule has 0 bridgehead atoms. The summed E-state index contributed by atoms with van der Waals surface area (Å²) in [7, 11) is 5.05. The van der Waals surface area contributed by atoms with Gasteiger partial charge in [-0.1, -0.05) is 42.5 Å². The van der Waals surface area contributed by atoms with E-state index in [1.54, 1.807) is 49.0 Å². The molecule has 1 N–H and O–H groups in total. The Balaban J connectivity index is 1.60. The predicted molar refractivity (Wildman–Crippen MR) is 149 cm³/mol. The number of rotatable bonds is 4. The first-order valence-corrected chi connectivity index (χ1v) is 12.3. The van der Waals surface area contributed by atoms with Crippen molar-refractivity contribution in [1.82, 2.24) is 9.13 Å². The van der Waals surface area contributed by atoms with Gasteiger partial charge in [0.1, 0.15) is 17.1 Å². The maximum absolute atomic E-state index is 13.5. The molecule has 0 spiro atoms. The second kappa shape index (κ2) is 8.92. The maximum atomic E-state index is 13.5. The van der Waals surface area contributed by atoms with Crippen molar-refractivity contribution in [2.45, 2.75) is 12.5 Å². The molecular formula is C30H26N4O4. The number of methoxy groups -OCH3 is 1. The van der Waals surface area contributed by atoms with E-state index >= 15 is 0 Å². The van der Waals surface area contributed by atoms with Crippen molar-refractivity contribution < 1.29 is 9.84 Å². The molecule has 0 fully saturated rings. The van der Waals surface area contributed by atoms with E-state index in [-0.39, 0.29) is 28.5 Å². The number of para-hydroxylation sites is 2. The number of hydrogen-bond donors (Lipinski definition) is 1. The van der Waals surface area contributed by atoms with Gasteiger partial charge in [0.05, 0.1) is 35.6 Å². The van der Waals surface area contributed by atoms with Crippen molar-refractivity contribution in [3.8, 4) is 11.5 Å². The molecule has 1 atom stereocenters. The van der Waals surface area contributed by atoms with E-state index in [0.717, 1.165) is 22.2 Å². The monoisotopic (exact) mass is 506 g/mol. The Morgan fingerprint density at radius 1 is 0.868 bits per heavy atom. The van der Waals surface area contributed by atoms with E-state index in [1.165, 1.54) is 4.57 Å². The molecule has 1 unspecified atom stereocenters. The third-order valence-corrected chi connectivity index (χ3v) is 7.35. The highest BCUT2D eigenvalue weighted by Gasteiger charge is 2.34. The van der Waals surface area contributed by atoms with Gasteiger partial charge in [-0.05, 0) is 35.9 Å². The Bertz CT molecular complexity index is 1870. The zero-order valence-electron chi connectivity index (χ0n) is 21.3. The molecule has 3 aromatic carbocycles. The van der Waals surface area contributed by atoms with Crippen LogP contribution < -0.4 is 20.9 Å². The Hall–Kier alpha value is -4.85. The summed E-state index contributed by atoms with van der Waals surface area (Å²) in [5, 5.41) is 19.4. The summed E-state index contributed by atoms with van der Waals surface area (Å²) in [6, 6.07) is 23.8. The third-order valence-electron chi connectivity index (χ3n) is 7.35. The lowest BCUT2D eigenvalue weighted by molar-refractivity contribution is 0.414. The van der Waals surface area contributed by atoms with Crippen molar-refractivity contribution >= 4 is 33.2 Å². The molecular weight excluding hydrogens is 480 g/mol. The second-order valence-electron chi connectivity index (χ2n) is 9.43. The topological polar surface area (TPSA) is 89.1 Å². The SMILES string of the molecule is COc1ccc(C2CC(c3c(O)c4ccccc4n(C)c3=O)=NN2c2cc(=O)n(C)c3ccccc23)cc1. The van der Waals surface area contributed by atoms with Crippen LogP contribution in [-0.2, 0) is 14.1 Å². The van der Waals surface area contributed by atoms with E-state index in [0.29, 0.717) is 28.7 Å². The van der Waals surface area contributed by atoms with Crippen molar-refractivity contribution in [1.29, 1.82) is 0 Å². The molecule has 190 valence electrons. The van der Waals surface area contributed by atoms with E-state index in [2.05, 4.69) is 0 Å². The van der Waals surface area contributed by atoms with Crippen LogP contribution in [0.15, 0.2) is 93.6 Å². The Labute approximate surface area is 218 Å². The summed E-state index contributed by atoms with van der Waals surface area (Å²) in [6.45, 7) is 0. The minimum atomic E-state index is -0.330. The summed E-state index contributed by atoms with van der Waals surface area (Å²) in [4.78, 5) is 26.5. The van der Waals surface area contributed by atoms with Crippen LogP contribution in [0.4, 0.5) is 5.69 Å². The zero-order valence-corrected chi connectivity index (χ0v) is 21.3. The van der Waals surface area contributed by atoms with E-state index in [9.17, 15) is 14.7 Å². The lowest BCUT2D eigenvalue weighted by Crippen LogP contribution is -2.24. The molecule has 1 aliphatic rings. The average molecular weight is 507 g/mol. The van der Waals surface area contributed by atoms with Crippen molar-refractivity contribution in [2.75, 3.05) is 12.1 Å². The standard InChI is InChI=1S/C30H26N4O4/c1-32-23-10-6-4-8-20(23)26(17-27(32)35)34-25(18-12-14-19(38-3)15-13-18)16-22(31-34)28-29(36)21-9-5-7-11-24(21)33(2)30(28)37/h4-15,17,25,36H,16H2,1-3H3. The fourth-order valence-electron chi connectivity index (χ4n) is 5.29. The molecule has 6 rings (SSSR count). The summed E-state index contributed by atoms with van der Waals surface area (Å²) in [6.07, 6.45) is 0.358. The van der Waals surface area contributed by atoms with Crippen LogP contribution in [0.5, 0.6) is 11.5 Å². The number of aryl methyl sites for hydroxylation is 2. The summed E-state index contributed by atoms with van der Waals surface area (Å²) in [5.41, 5.74) is 3.11. The number of anilines is 1. The smallest absolute Gasteiger partial charge is 0.263 e. The van der Waals surface area contributed by atoms with Gasteiger partial charge in [-0.15, -0.1) is 0 Å². The molecule has 2 aromatic heterocycles. The van der Waals surface area contributed by atoms with Gasteiger partial charge in [0.25, 0.3) is 11.1 Å². The number of fused-ring (bicyclic) bond motifs is 2. The summed E-state index contributed by atoms with van der Waals surface area (Å²) < 4.78 is 8.48. The van der Waals surface area contributed by atoms with E-state index < -0.39 is 0 Å². The predicted octanol–water partition coefficient (Wildman–Crippen LogP) is 4.46. The van der Waals surface area contributed by atoms with Gasteiger partial charge < -0.3 is 19.0 Å². The van der Waals surface area contributed by atoms with E-state index in [1.807, 2.05) is 60.7 Å². The lowest BCUT2D eigenvalue weighted by atomic mass is 9.97. The highest BCUT2D eigenvalue weighted by atomic mass is 16.5. The minimum absolute atomic E-state index is 0.0911. The molecule has 5 aromatic rings. The fraction of sp³-hybridized carbons (Fsp3) is 0.167. The van der Waals surface area contributed by atoms with Crippen LogP contribution in [0.1, 0.15) is 23.6 Å². The molecule has 0 aliphatic carbocycles. The average Bonchev–Trinajstić information content (AvgIpc) is 3.38. The quantitative estimate of drug-likeness (QED) is 0.389. The van der Waals surface area contributed by atoms with Crippen LogP contribution in [0.3, 0.4) is 0 Å². The highest BCUT2D eigenvalue weighted by molar-refractivity contribution is 6.09. The number of hydrazone groups is 1. The van der Waals surface area contributed by atoms with Gasteiger partial charge in [-0.3, -0.25) is 14.6 Å². The van der Waals surface area contributed by atoms with Crippen molar-refractivity contribution in [3.63, 3.8) is 0 Å². The van der Waals surface area contributed by atoms with Crippen LogP contribution >= 0.6 is 0 Å². The molecule has 8 heteroatoms. The normalized spacial score (nSPS) is 15.3. The largest absolute Gasteiger partial charge is 0.506 e. The Morgan fingerprint density at radius 3 is 2.18 bits per heavy atom. The molecule has 0 saturated carbocycles. The number of benzene rings is 3. The molecule has 3 heterocycles. The number of hydrogen-bond acceptors (Lipinski definition) is 6. The fourth-order valence-corrected chi connectivity index (χ4v) is 5.29. The number of aromatic hydroxyl groups is 1. The lowest BCUT2D eigenvalue weighted by Gasteiger charge is -2.25. The van der Waals surface area contributed by atoms with Gasteiger partial charge in [-0.25, -0.2) is 0 Å². The molecule has 0 radical (unpaired) electrons. The van der Waals surface area contributed by atoms with Crippen LogP contribution in [-0.4, -0.2) is 27.1 Å². The first-order valence-electron chi connectivity index (χ1n) is 12.3. The molecule has 38 heavy (non-hydrogen) atoms. The van der Waals surface area contributed by atoms with Gasteiger partial charge in [0.15, 0.2) is 0 Å². The molecule has 1 aliphatic heterocycles.